The molecular weight excluding hydrogens is 330 g/mol. The summed E-state index contributed by atoms with van der Waals surface area (Å²) >= 11 is 0. The average molecular weight is 353 g/mol. The SMILES string of the molecule is COc1ccc(C=Cc2nc(C#N)c(NC3CCCCC3)o2)cc1OC. The zero-order chi connectivity index (χ0) is 18.4. The van der Waals surface area contributed by atoms with Crippen LogP contribution in [0.4, 0.5) is 5.88 Å². The first-order valence-electron chi connectivity index (χ1n) is 8.81. The molecular formula is C20H23N3O3. The van der Waals surface area contributed by atoms with Gasteiger partial charge in [0.1, 0.15) is 6.07 Å². The van der Waals surface area contributed by atoms with Gasteiger partial charge in [-0.1, -0.05) is 25.3 Å². The molecule has 136 valence electrons. The summed E-state index contributed by atoms with van der Waals surface area (Å²) in [4.78, 5) is 4.25. The summed E-state index contributed by atoms with van der Waals surface area (Å²) in [6.45, 7) is 0. The first kappa shape index (κ1) is 17.9. The second-order valence-electron chi connectivity index (χ2n) is 6.27. The molecule has 0 spiro atoms. The van der Waals surface area contributed by atoms with Crippen molar-refractivity contribution in [1.29, 1.82) is 5.26 Å². The molecule has 1 aliphatic rings. The Bertz CT molecular complexity index is 814. The summed E-state index contributed by atoms with van der Waals surface area (Å²) < 4.78 is 16.3. The standard InChI is InChI=1S/C20H23N3O3/c1-24-17-10-8-14(12-18(17)25-2)9-11-19-23-16(13-21)20(26-19)22-15-6-4-3-5-7-15/h8-12,15,22H,3-7H2,1-2H3. The van der Waals surface area contributed by atoms with Crippen LogP contribution in [0.15, 0.2) is 22.6 Å². The zero-order valence-corrected chi connectivity index (χ0v) is 15.1. The number of nitrogens with zero attached hydrogens (tertiary/aromatic N) is 2. The highest BCUT2D eigenvalue weighted by molar-refractivity contribution is 5.69. The van der Waals surface area contributed by atoms with E-state index in [-0.39, 0.29) is 0 Å². The Morgan fingerprint density at radius 2 is 1.92 bits per heavy atom. The average Bonchev–Trinajstić information content (AvgIpc) is 3.08. The normalized spacial score (nSPS) is 15.0. The lowest BCUT2D eigenvalue weighted by molar-refractivity contribution is 0.355. The predicted molar refractivity (Wildman–Crippen MR) is 100 cm³/mol. The minimum Gasteiger partial charge on any atom is -0.493 e. The minimum atomic E-state index is 0.294. The Labute approximate surface area is 153 Å². The molecule has 0 atom stereocenters. The molecule has 1 saturated carbocycles. The topological polar surface area (TPSA) is 80.3 Å². The van der Waals surface area contributed by atoms with Gasteiger partial charge in [0.15, 0.2) is 11.5 Å². The number of anilines is 1. The molecule has 1 aromatic heterocycles. The third-order valence-electron chi connectivity index (χ3n) is 4.52. The highest BCUT2D eigenvalue weighted by atomic mass is 16.5. The molecule has 0 saturated heterocycles. The fourth-order valence-electron chi connectivity index (χ4n) is 3.14. The van der Waals surface area contributed by atoms with Crippen LogP contribution in [0, 0.1) is 11.3 Å². The Kier molecular flexibility index (Phi) is 5.80. The van der Waals surface area contributed by atoms with Crippen LogP contribution in [0.25, 0.3) is 12.2 Å². The lowest BCUT2D eigenvalue weighted by Gasteiger charge is -2.22. The van der Waals surface area contributed by atoms with Crippen molar-refractivity contribution in [3.63, 3.8) is 0 Å². The van der Waals surface area contributed by atoms with Gasteiger partial charge in [-0.3, -0.25) is 0 Å². The molecule has 0 radical (unpaired) electrons. The van der Waals surface area contributed by atoms with Crippen molar-refractivity contribution in [3.05, 3.63) is 35.3 Å². The van der Waals surface area contributed by atoms with Crippen molar-refractivity contribution in [2.75, 3.05) is 19.5 Å². The fraction of sp³-hybridized carbons (Fsp3) is 0.400. The molecule has 0 aliphatic heterocycles. The Morgan fingerprint density at radius 1 is 1.15 bits per heavy atom. The highest BCUT2D eigenvalue weighted by Gasteiger charge is 2.18. The molecule has 1 fully saturated rings. The van der Waals surface area contributed by atoms with Crippen molar-refractivity contribution in [2.45, 2.75) is 38.1 Å². The highest BCUT2D eigenvalue weighted by Crippen LogP contribution is 2.29. The molecule has 0 amide bonds. The number of methoxy groups -OCH3 is 2. The van der Waals surface area contributed by atoms with E-state index in [0.717, 1.165) is 18.4 Å². The molecule has 1 N–H and O–H groups in total. The summed E-state index contributed by atoms with van der Waals surface area (Å²) in [5.74, 6) is 2.19. The number of aromatic nitrogens is 1. The van der Waals surface area contributed by atoms with E-state index in [4.69, 9.17) is 13.9 Å². The van der Waals surface area contributed by atoms with E-state index in [2.05, 4.69) is 16.4 Å². The van der Waals surface area contributed by atoms with Gasteiger partial charge in [-0.05, 0) is 36.6 Å². The van der Waals surface area contributed by atoms with Crippen LogP contribution < -0.4 is 14.8 Å². The van der Waals surface area contributed by atoms with E-state index in [0.29, 0.717) is 35.0 Å². The summed E-state index contributed by atoms with van der Waals surface area (Å²) in [6.07, 6.45) is 9.50. The first-order chi connectivity index (χ1) is 12.7. The quantitative estimate of drug-likeness (QED) is 0.825. The van der Waals surface area contributed by atoms with Gasteiger partial charge in [-0.15, -0.1) is 0 Å². The van der Waals surface area contributed by atoms with Gasteiger partial charge in [-0.2, -0.15) is 10.2 Å². The van der Waals surface area contributed by atoms with Crippen LogP contribution in [-0.2, 0) is 0 Å². The minimum absolute atomic E-state index is 0.294. The van der Waals surface area contributed by atoms with E-state index >= 15 is 0 Å². The maximum atomic E-state index is 9.31. The number of nitrogens with one attached hydrogen (secondary N) is 1. The Hall–Kier alpha value is -2.94. The fourth-order valence-corrected chi connectivity index (χ4v) is 3.14. The van der Waals surface area contributed by atoms with Crippen molar-refractivity contribution in [1.82, 2.24) is 4.98 Å². The van der Waals surface area contributed by atoms with E-state index < -0.39 is 0 Å². The van der Waals surface area contributed by atoms with Gasteiger partial charge in [0, 0.05) is 12.1 Å². The second-order valence-corrected chi connectivity index (χ2v) is 6.27. The number of rotatable bonds is 6. The summed E-state index contributed by atoms with van der Waals surface area (Å²) in [6, 6.07) is 8.07. The maximum Gasteiger partial charge on any atom is 0.232 e. The predicted octanol–water partition coefficient (Wildman–Crippen LogP) is 4.48. The Balaban J connectivity index is 1.75. The van der Waals surface area contributed by atoms with Crippen LogP contribution in [0.5, 0.6) is 11.5 Å². The van der Waals surface area contributed by atoms with Gasteiger partial charge in [0.05, 0.1) is 14.2 Å². The smallest absolute Gasteiger partial charge is 0.232 e. The van der Waals surface area contributed by atoms with Crippen molar-refractivity contribution in [2.24, 2.45) is 0 Å². The molecule has 1 aromatic carbocycles. The lowest BCUT2D eigenvalue weighted by atomic mass is 9.95. The number of ether oxygens (including phenoxy) is 2. The summed E-state index contributed by atoms with van der Waals surface area (Å²) in [7, 11) is 3.20. The monoisotopic (exact) mass is 353 g/mol. The number of benzene rings is 1. The molecule has 0 unspecified atom stereocenters. The van der Waals surface area contributed by atoms with E-state index in [9.17, 15) is 5.26 Å². The molecule has 1 aliphatic carbocycles. The molecule has 2 aromatic rings. The second kappa shape index (κ2) is 8.43. The van der Waals surface area contributed by atoms with Crippen LogP contribution in [0.3, 0.4) is 0 Å². The third kappa shape index (κ3) is 4.17. The number of hydrogen-bond donors (Lipinski definition) is 1. The molecule has 6 heteroatoms. The van der Waals surface area contributed by atoms with Crippen molar-refractivity contribution in [3.8, 4) is 17.6 Å². The Morgan fingerprint density at radius 3 is 2.62 bits per heavy atom. The first-order valence-corrected chi connectivity index (χ1v) is 8.81. The summed E-state index contributed by atoms with van der Waals surface area (Å²) in [5, 5.41) is 12.6. The molecule has 26 heavy (non-hydrogen) atoms. The molecule has 1 heterocycles. The van der Waals surface area contributed by atoms with Gasteiger partial charge in [-0.25, -0.2) is 0 Å². The van der Waals surface area contributed by atoms with Crippen LogP contribution >= 0.6 is 0 Å². The van der Waals surface area contributed by atoms with E-state index in [1.165, 1.54) is 19.3 Å². The van der Waals surface area contributed by atoms with Gasteiger partial charge >= 0.3 is 0 Å². The largest absolute Gasteiger partial charge is 0.493 e. The van der Waals surface area contributed by atoms with Crippen LogP contribution in [-0.4, -0.2) is 25.2 Å². The van der Waals surface area contributed by atoms with Crippen LogP contribution in [0.1, 0.15) is 49.3 Å². The van der Waals surface area contributed by atoms with Crippen LogP contribution in [0.2, 0.25) is 0 Å². The third-order valence-corrected chi connectivity index (χ3v) is 4.52. The maximum absolute atomic E-state index is 9.31. The molecule has 6 nitrogen and oxygen atoms in total. The van der Waals surface area contributed by atoms with Gasteiger partial charge in [0.25, 0.3) is 0 Å². The van der Waals surface area contributed by atoms with Gasteiger partial charge < -0.3 is 19.2 Å². The van der Waals surface area contributed by atoms with Crippen molar-refractivity contribution < 1.29 is 13.9 Å². The number of nitriles is 1. The van der Waals surface area contributed by atoms with E-state index in [1.54, 1.807) is 20.3 Å². The summed E-state index contributed by atoms with van der Waals surface area (Å²) in [5.41, 5.74) is 1.21. The zero-order valence-electron chi connectivity index (χ0n) is 15.1. The number of oxazole rings is 1. The van der Waals surface area contributed by atoms with Crippen molar-refractivity contribution >= 4 is 18.0 Å². The molecule has 0 bridgehead atoms. The lowest BCUT2D eigenvalue weighted by Crippen LogP contribution is -2.22. The van der Waals surface area contributed by atoms with Gasteiger partial charge in [0.2, 0.25) is 17.5 Å². The van der Waals surface area contributed by atoms with E-state index in [1.807, 2.05) is 24.3 Å². The number of hydrogen-bond acceptors (Lipinski definition) is 6. The molecule has 3 rings (SSSR count).